The van der Waals surface area contributed by atoms with Gasteiger partial charge in [0.15, 0.2) is 0 Å². The SMILES string of the molecule is C[S@](=O)c1ccc(CN[C@H](CO)c2ccccc2F)cc1. The highest BCUT2D eigenvalue weighted by atomic mass is 32.2. The fraction of sp³-hybridized carbons (Fsp3) is 0.250. The number of halogens is 1. The van der Waals surface area contributed by atoms with Crippen LogP contribution >= 0.6 is 0 Å². The first-order chi connectivity index (χ1) is 10.1. The van der Waals surface area contributed by atoms with Crippen LogP contribution in [0.4, 0.5) is 4.39 Å². The van der Waals surface area contributed by atoms with E-state index in [9.17, 15) is 13.7 Å². The lowest BCUT2D eigenvalue weighted by molar-refractivity contribution is 0.240. The van der Waals surface area contributed by atoms with Gasteiger partial charge in [0.25, 0.3) is 0 Å². The Labute approximate surface area is 126 Å². The Morgan fingerprint density at radius 2 is 1.86 bits per heavy atom. The molecule has 21 heavy (non-hydrogen) atoms. The molecule has 5 heteroatoms. The van der Waals surface area contributed by atoms with Gasteiger partial charge in [-0.25, -0.2) is 4.39 Å². The first-order valence-electron chi connectivity index (χ1n) is 6.63. The van der Waals surface area contributed by atoms with Crippen LogP contribution in [-0.4, -0.2) is 22.2 Å². The van der Waals surface area contributed by atoms with E-state index >= 15 is 0 Å². The number of hydrogen-bond acceptors (Lipinski definition) is 3. The van der Waals surface area contributed by atoms with Crippen LogP contribution in [0.1, 0.15) is 17.2 Å². The molecule has 0 bridgehead atoms. The van der Waals surface area contributed by atoms with Crippen molar-refractivity contribution in [3.8, 4) is 0 Å². The van der Waals surface area contributed by atoms with Crippen molar-refractivity contribution < 1.29 is 13.7 Å². The zero-order chi connectivity index (χ0) is 15.2. The molecule has 3 nitrogen and oxygen atoms in total. The highest BCUT2D eigenvalue weighted by Crippen LogP contribution is 2.17. The molecule has 112 valence electrons. The van der Waals surface area contributed by atoms with Gasteiger partial charge in [-0.15, -0.1) is 0 Å². The van der Waals surface area contributed by atoms with Crippen molar-refractivity contribution in [2.45, 2.75) is 17.5 Å². The molecule has 0 heterocycles. The van der Waals surface area contributed by atoms with E-state index in [0.29, 0.717) is 12.1 Å². The van der Waals surface area contributed by atoms with Crippen molar-refractivity contribution in [3.63, 3.8) is 0 Å². The maximum absolute atomic E-state index is 13.7. The quantitative estimate of drug-likeness (QED) is 0.861. The Bertz CT molecular complexity index is 616. The lowest BCUT2D eigenvalue weighted by Crippen LogP contribution is -2.24. The minimum absolute atomic E-state index is 0.183. The van der Waals surface area contributed by atoms with Crippen molar-refractivity contribution in [3.05, 3.63) is 65.5 Å². The van der Waals surface area contributed by atoms with E-state index in [1.54, 1.807) is 24.5 Å². The molecule has 0 fully saturated rings. The molecule has 2 aromatic carbocycles. The van der Waals surface area contributed by atoms with Gasteiger partial charge >= 0.3 is 0 Å². The maximum atomic E-state index is 13.7. The summed E-state index contributed by atoms with van der Waals surface area (Å²) < 4.78 is 25.0. The Hall–Kier alpha value is -1.56. The second-order valence-electron chi connectivity index (χ2n) is 4.74. The van der Waals surface area contributed by atoms with Crippen LogP contribution in [0.5, 0.6) is 0 Å². The van der Waals surface area contributed by atoms with Gasteiger partial charge in [0.05, 0.1) is 12.6 Å². The van der Waals surface area contributed by atoms with Gasteiger partial charge in [-0.1, -0.05) is 30.3 Å². The molecule has 0 aliphatic heterocycles. The van der Waals surface area contributed by atoms with E-state index < -0.39 is 16.8 Å². The number of benzene rings is 2. The lowest BCUT2D eigenvalue weighted by Gasteiger charge is -2.17. The highest BCUT2D eigenvalue weighted by Gasteiger charge is 2.13. The third kappa shape index (κ3) is 4.20. The molecule has 0 aliphatic carbocycles. The van der Waals surface area contributed by atoms with Crippen LogP contribution in [0.25, 0.3) is 0 Å². The van der Waals surface area contributed by atoms with Crippen molar-refractivity contribution >= 4 is 10.8 Å². The first-order valence-corrected chi connectivity index (χ1v) is 8.18. The molecule has 0 unspecified atom stereocenters. The Kier molecular flexibility index (Phi) is 5.61. The number of rotatable bonds is 6. The van der Waals surface area contributed by atoms with Gasteiger partial charge in [-0.05, 0) is 23.8 Å². The summed E-state index contributed by atoms with van der Waals surface area (Å²) in [7, 11) is -0.994. The molecule has 0 aliphatic rings. The second kappa shape index (κ2) is 7.45. The molecule has 2 N–H and O–H groups in total. The topological polar surface area (TPSA) is 49.3 Å². The largest absolute Gasteiger partial charge is 0.394 e. The predicted octanol–water partition coefficient (Wildman–Crippen LogP) is 2.39. The summed E-state index contributed by atoms with van der Waals surface area (Å²) in [5.41, 5.74) is 1.44. The fourth-order valence-electron chi connectivity index (χ4n) is 2.07. The zero-order valence-electron chi connectivity index (χ0n) is 11.8. The van der Waals surface area contributed by atoms with Gasteiger partial charge in [0.2, 0.25) is 0 Å². The predicted molar refractivity (Wildman–Crippen MR) is 81.8 cm³/mol. The maximum Gasteiger partial charge on any atom is 0.128 e. The van der Waals surface area contributed by atoms with Crippen LogP contribution in [-0.2, 0) is 17.3 Å². The van der Waals surface area contributed by atoms with E-state index in [0.717, 1.165) is 10.5 Å². The van der Waals surface area contributed by atoms with Gasteiger partial charge < -0.3 is 10.4 Å². The second-order valence-corrected chi connectivity index (χ2v) is 6.12. The van der Waals surface area contributed by atoms with E-state index in [1.165, 1.54) is 6.07 Å². The van der Waals surface area contributed by atoms with E-state index in [4.69, 9.17) is 0 Å². The highest BCUT2D eigenvalue weighted by molar-refractivity contribution is 7.84. The van der Waals surface area contributed by atoms with E-state index in [2.05, 4.69) is 5.32 Å². The molecule has 0 aromatic heterocycles. The summed E-state index contributed by atoms with van der Waals surface area (Å²) in [6, 6.07) is 13.3. The van der Waals surface area contributed by atoms with Crippen molar-refractivity contribution in [1.29, 1.82) is 0 Å². The smallest absolute Gasteiger partial charge is 0.128 e. The Morgan fingerprint density at radius 1 is 1.19 bits per heavy atom. The summed E-state index contributed by atoms with van der Waals surface area (Å²) in [4.78, 5) is 0.770. The van der Waals surface area contributed by atoms with Crippen LogP contribution in [0.15, 0.2) is 53.4 Å². The van der Waals surface area contributed by atoms with Crippen LogP contribution in [0.2, 0.25) is 0 Å². The monoisotopic (exact) mass is 307 g/mol. The van der Waals surface area contributed by atoms with Gasteiger partial charge in [0, 0.05) is 34.1 Å². The molecule has 0 saturated carbocycles. The van der Waals surface area contributed by atoms with Gasteiger partial charge in [0.1, 0.15) is 5.82 Å². The molecule has 0 saturated heterocycles. The summed E-state index contributed by atoms with van der Waals surface area (Å²) >= 11 is 0. The summed E-state index contributed by atoms with van der Waals surface area (Å²) in [5.74, 6) is -0.333. The molecular weight excluding hydrogens is 289 g/mol. The standard InChI is InChI=1S/C16H18FNO2S/c1-21(20)13-8-6-12(7-9-13)10-18-16(11-19)14-4-2-3-5-15(14)17/h2-9,16,18-19H,10-11H2,1H3/t16-,21+/m1/s1. The molecule has 0 amide bonds. The van der Waals surface area contributed by atoms with Crippen molar-refractivity contribution in [2.24, 2.45) is 0 Å². The van der Waals surface area contributed by atoms with E-state index in [-0.39, 0.29) is 12.4 Å². The number of aliphatic hydroxyl groups excluding tert-OH is 1. The number of nitrogens with one attached hydrogen (secondary N) is 1. The Balaban J connectivity index is 2.03. The third-order valence-electron chi connectivity index (χ3n) is 3.27. The fourth-order valence-corrected chi connectivity index (χ4v) is 2.59. The summed E-state index contributed by atoms with van der Waals surface area (Å²) in [6.45, 7) is 0.314. The average Bonchev–Trinajstić information content (AvgIpc) is 2.50. The van der Waals surface area contributed by atoms with Gasteiger partial charge in [-0.2, -0.15) is 0 Å². The molecule has 2 atom stereocenters. The average molecular weight is 307 g/mol. The van der Waals surface area contributed by atoms with Gasteiger partial charge in [-0.3, -0.25) is 4.21 Å². The van der Waals surface area contributed by atoms with Crippen LogP contribution < -0.4 is 5.32 Å². The van der Waals surface area contributed by atoms with Crippen LogP contribution in [0, 0.1) is 5.82 Å². The molecule has 2 rings (SSSR count). The van der Waals surface area contributed by atoms with E-state index in [1.807, 2.05) is 24.3 Å². The summed E-state index contributed by atoms with van der Waals surface area (Å²) in [6.07, 6.45) is 1.63. The molecule has 0 radical (unpaired) electrons. The molecular formula is C16H18FNO2S. The molecule has 0 spiro atoms. The Morgan fingerprint density at radius 3 is 2.43 bits per heavy atom. The first kappa shape index (κ1) is 15.8. The minimum atomic E-state index is -0.994. The van der Waals surface area contributed by atoms with Crippen LogP contribution in [0.3, 0.4) is 0 Å². The van der Waals surface area contributed by atoms with Crippen molar-refractivity contribution in [1.82, 2.24) is 5.32 Å². The van der Waals surface area contributed by atoms with Crippen molar-refractivity contribution in [2.75, 3.05) is 12.9 Å². The number of hydrogen-bond donors (Lipinski definition) is 2. The number of aliphatic hydroxyl groups is 1. The minimum Gasteiger partial charge on any atom is -0.394 e. The lowest BCUT2D eigenvalue weighted by atomic mass is 10.1. The normalized spacial score (nSPS) is 13.9. The zero-order valence-corrected chi connectivity index (χ0v) is 12.6. The third-order valence-corrected chi connectivity index (χ3v) is 4.21. The molecule has 2 aromatic rings. The summed E-state index contributed by atoms with van der Waals surface area (Å²) in [5, 5.41) is 12.6.